The third kappa shape index (κ3) is 6.62. The van der Waals surface area contributed by atoms with Crippen molar-refractivity contribution < 1.29 is 9.59 Å². The summed E-state index contributed by atoms with van der Waals surface area (Å²) in [6.07, 6.45) is 8.97. The third-order valence-corrected chi connectivity index (χ3v) is 7.60. The van der Waals surface area contributed by atoms with Gasteiger partial charge in [-0.2, -0.15) is 29.8 Å². The minimum absolute atomic E-state index is 0.182. The van der Waals surface area contributed by atoms with Gasteiger partial charge in [0.05, 0.1) is 34.9 Å². The van der Waals surface area contributed by atoms with Crippen molar-refractivity contribution in [3.63, 3.8) is 0 Å². The molecule has 5 rings (SSSR count). The molecule has 0 aromatic carbocycles. The fourth-order valence-electron chi connectivity index (χ4n) is 4.89. The predicted molar refractivity (Wildman–Crippen MR) is 177 cm³/mol. The zero-order valence-corrected chi connectivity index (χ0v) is 27.8. The highest BCUT2D eigenvalue weighted by Crippen LogP contribution is 2.35. The predicted octanol–water partition coefficient (Wildman–Crippen LogP) is 5.40. The summed E-state index contributed by atoms with van der Waals surface area (Å²) in [5, 5.41) is 35.2. The molecule has 5 heterocycles. The average molecular weight is 655 g/mol. The van der Waals surface area contributed by atoms with Crippen LogP contribution in [-0.2, 0) is 26.9 Å². The first-order valence-corrected chi connectivity index (χ1v) is 15.5. The number of Topliss-reactive ketones (excluding diaryl/α,β-unsaturated/α-hetero) is 2. The highest BCUT2D eigenvalue weighted by molar-refractivity contribution is 5.98. The lowest BCUT2D eigenvalue weighted by molar-refractivity contribution is 0.101. The number of hydrogen-bond acceptors (Lipinski definition) is 14. The van der Waals surface area contributed by atoms with E-state index >= 15 is 0 Å². The van der Waals surface area contributed by atoms with Gasteiger partial charge in [0, 0.05) is 20.2 Å². The summed E-state index contributed by atoms with van der Waals surface area (Å²) in [5.41, 5.74) is 15.9. The van der Waals surface area contributed by atoms with Crippen LogP contribution in [-0.4, -0.2) is 60.7 Å². The van der Waals surface area contributed by atoms with Crippen molar-refractivity contribution in [2.45, 2.75) is 66.2 Å². The normalized spacial score (nSPS) is 11.8. The molecule has 0 saturated heterocycles. The number of nitrogens with zero attached hydrogens (tertiary/aromatic N) is 14. The Morgan fingerprint density at radius 2 is 1.12 bits per heavy atom. The van der Waals surface area contributed by atoms with Crippen molar-refractivity contribution in [2.75, 3.05) is 11.5 Å². The maximum atomic E-state index is 12.1. The van der Waals surface area contributed by atoms with E-state index in [0.717, 1.165) is 25.7 Å². The summed E-state index contributed by atoms with van der Waals surface area (Å²) in [4.78, 5) is 33.0. The highest BCUT2D eigenvalue weighted by Gasteiger charge is 2.22. The van der Waals surface area contributed by atoms with Crippen LogP contribution in [0, 0.1) is 0 Å². The van der Waals surface area contributed by atoms with Crippen molar-refractivity contribution in [1.82, 2.24) is 49.1 Å². The molecule has 0 fully saturated rings. The minimum atomic E-state index is -0.182. The number of unbranched alkanes of at least 4 members (excludes halogenated alkanes) is 2. The smallest absolute Gasteiger partial charge is 0.183 e. The SMILES string of the molecule is CCCCc1nn(-c2cc(-n3nc(CCCC)c(N=Nc4c(C(C)=O)cnn4C)c3N)ncn2)c(N)c1N=Nc1c(C(C)=O)cnn1C. The Labute approximate surface area is 276 Å². The quantitative estimate of drug-likeness (QED) is 0.114. The minimum Gasteiger partial charge on any atom is -0.382 e. The summed E-state index contributed by atoms with van der Waals surface area (Å²) < 4.78 is 5.87. The Morgan fingerprint density at radius 1 is 0.708 bits per heavy atom. The van der Waals surface area contributed by atoms with E-state index in [1.807, 2.05) is 0 Å². The van der Waals surface area contributed by atoms with Gasteiger partial charge in [-0.3, -0.25) is 9.59 Å². The molecular formula is C30H38N16O2. The van der Waals surface area contributed by atoms with E-state index in [1.54, 1.807) is 20.2 Å². The average Bonchev–Trinajstić information content (AvgIpc) is 3.80. The first-order valence-electron chi connectivity index (χ1n) is 15.5. The van der Waals surface area contributed by atoms with E-state index in [0.29, 0.717) is 70.0 Å². The topological polar surface area (TPSA) is 233 Å². The molecule has 0 bridgehead atoms. The molecule has 250 valence electrons. The molecule has 0 spiro atoms. The molecule has 0 amide bonds. The second-order valence-electron chi connectivity index (χ2n) is 11.1. The monoisotopic (exact) mass is 654 g/mol. The number of carbonyl (C=O) groups excluding carboxylic acids is 2. The van der Waals surface area contributed by atoms with E-state index in [9.17, 15) is 9.59 Å². The van der Waals surface area contributed by atoms with Gasteiger partial charge < -0.3 is 11.5 Å². The van der Waals surface area contributed by atoms with Gasteiger partial charge in [-0.25, -0.2) is 19.3 Å². The maximum Gasteiger partial charge on any atom is 0.183 e. The number of nitrogen functional groups attached to an aromatic ring is 2. The molecule has 0 saturated carbocycles. The summed E-state index contributed by atoms with van der Waals surface area (Å²) in [6, 6.07) is 1.64. The van der Waals surface area contributed by atoms with Gasteiger partial charge in [-0.15, -0.1) is 20.5 Å². The number of ketones is 2. The van der Waals surface area contributed by atoms with Crippen LogP contribution < -0.4 is 11.5 Å². The van der Waals surface area contributed by atoms with E-state index in [4.69, 9.17) is 21.7 Å². The van der Waals surface area contributed by atoms with Crippen LogP contribution in [0.15, 0.2) is 45.2 Å². The van der Waals surface area contributed by atoms with Gasteiger partial charge >= 0.3 is 0 Å². The van der Waals surface area contributed by atoms with Crippen LogP contribution in [0.5, 0.6) is 0 Å². The highest BCUT2D eigenvalue weighted by atomic mass is 16.1. The van der Waals surface area contributed by atoms with Crippen LogP contribution >= 0.6 is 0 Å². The number of aromatic nitrogens is 10. The number of nitrogens with two attached hydrogens (primary N) is 2. The van der Waals surface area contributed by atoms with E-state index in [-0.39, 0.29) is 23.2 Å². The number of anilines is 2. The lowest BCUT2D eigenvalue weighted by atomic mass is 10.2. The number of aryl methyl sites for hydroxylation is 4. The van der Waals surface area contributed by atoms with Gasteiger partial charge in [-0.05, 0) is 39.5 Å². The van der Waals surface area contributed by atoms with Crippen molar-refractivity contribution in [2.24, 2.45) is 34.6 Å². The number of hydrogen-bond donors (Lipinski definition) is 2. The Balaban J connectivity index is 1.55. The summed E-state index contributed by atoms with van der Waals surface area (Å²) >= 11 is 0. The van der Waals surface area contributed by atoms with Crippen molar-refractivity contribution >= 4 is 46.2 Å². The van der Waals surface area contributed by atoms with E-state index < -0.39 is 0 Å². The zero-order chi connectivity index (χ0) is 34.5. The molecule has 5 aromatic heterocycles. The van der Waals surface area contributed by atoms with Crippen LogP contribution in [0.1, 0.15) is 85.5 Å². The Kier molecular flexibility index (Phi) is 9.91. The molecule has 0 aliphatic heterocycles. The summed E-state index contributed by atoms with van der Waals surface area (Å²) in [5.74, 6) is 1.34. The molecular weight excluding hydrogens is 616 g/mol. The molecule has 18 heteroatoms. The third-order valence-electron chi connectivity index (χ3n) is 7.60. The van der Waals surface area contributed by atoms with Crippen molar-refractivity contribution in [1.29, 1.82) is 0 Å². The number of carbonyl (C=O) groups is 2. The van der Waals surface area contributed by atoms with Gasteiger partial charge in [0.15, 0.2) is 57.8 Å². The summed E-state index contributed by atoms with van der Waals surface area (Å²) in [7, 11) is 3.36. The molecule has 0 unspecified atom stereocenters. The molecule has 0 atom stereocenters. The summed E-state index contributed by atoms with van der Waals surface area (Å²) in [6.45, 7) is 7.03. The Bertz CT molecular complexity index is 1890. The Morgan fingerprint density at radius 3 is 1.50 bits per heavy atom. The molecule has 0 radical (unpaired) electrons. The number of azo groups is 2. The van der Waals surface area contributed by atoms with Crippen molar-refractivity contribution in [3.05, 3.63) is 47.3 Å². The van der Waals surface area contributed by atoms with Gasteiger partial charge in [0.25, 0.3) is 0 Å². The zero-order valence-electron chi connectivity index (χ0n) is 27.8. The Hall–Kier alpha value is -5.94. The second-order valence-corrected chi connectivity index (χ2v) is 11.1. The van der Waals surface area contributed by atoms with E-state index in [1.165, 1.54) is 51.3 Å². The van der Waals surface area contributed by atoms with Crippen LogP contribution in [0.25, 0.3) is 11.6 Å². The lowest BCUT2D eigenvalue weighted by Gasteiger charge is -2.06. The maximum absolute atomic E-state index is 12.1. The van der Waals surface area contributed by atoms with Gasteiger partial charge in [0.1, 0.15) is 6.33 Å². The molecule has 18 nitrogen and oxygen atoms in total. The molecule has 48 heavy (non-hydrogen) atoms. The second kappa shape index (κ2) is 14.2. The van der Waals surface area contributed by atoms with Crippen LogP contribution in [0.3, 0.4) is 0 Å². The molecule has 0 aliphatic carbocycles. The number of rotatable bonds is 14. The molecule has 0 aliphatic rings. The first kappa shape index (κ1) is 33.4. The first-order chi connectivity index (χ1) is 23.0. The van der Waals surface area contributed by atoms with Gasteiger partial charge in [-0.1, -0.05) is 26.7 Å². The van der Waals surface area contributed by atoms with Gasteiger partial charge in [0.2, 0.25) is 0 Å². The molecule has 5 aromatic rings. The van der Waals surface area contributed by atoms with E-state index in [2.05, 4.69) is 54.5 Å². The molecule has 4 N–H and O–H groups in total. The largest absolute Gasteiger partial charge is 0.382 e. The standard InChI is InChI=1S/C30H38N16O2/c1-7-9-11-21-25(37-39-29-19(17(3)47)14-35-43(29)5)27(31)45(41-21)23-13-24(34-16-33-23)46-28(32)26(22(42-46)12-10-8-2)38-40-30-20(18(4)48)15-36-44(30)6/h13-16H,7-12,31-32H2,1-6H3. The fourth-order valence-corrected chi connectivity index (χ4v) is 4.89. The fraction of sp³-hybridized carbons (Fsp3) is 0.400. The lowest BCUT2D eigenvalue weighted by Crippen LogP contribution is -2.09. The van der Waals surface area contributed by atoms with Crippen LogP contribution in [0.2, 0.25) is 0 Å². The van der Waals surface area contributed by atoms with Crippen LogP contribution in [0.4, 0.5) is 34.6 Å². The van der Waals surface area contributed by atoms with Crippen molar-refractivity contribution in [3.8, 4) is 11.6 Å².